The van der Waals surface area contributed by atoms with Crippen molar-refractivity contribution in [2.24, 2.45) is 5.73 Å². The number of thiophene rings is 1. The molecule has 1 saturated heterocycles. The van der Waals surface area contributed by atoms with Crippen LogP contribution in [0.25, 0.3) is 0 Å². The number of rotatable bonds is 4. The Balaban J connectivity index is 2.24. The number of nitrogens with zero attached hydrogens (tertiary/aromatic N) is 1. The fraction of sp³-hybridized carbons (Fsp3) is 0.692. The van der Waals surface area contributed by atoms with Gasteiger partial charge in [0.25, 0.3) is 0 Å². The maximum Gasteiger partial charge on any atom is 0.0702 e. The van der Waals surface area contributed by atoms with Gasteiger partial charge in [-0.25, -0.2) is 0 Å². The normalized spacial score (nSPS) is 25.0. The molecule has 2 nitrogen and oxygen atoms in total. The average Bonchev–Trinajstić information content (AvgIpc) is 2.78. The third-order valence-corrected chi connectivity index (χ3v) is 6.42. The summed E-state index contributed by atoms with van der Waals surface area (Å²) in [6.07, 6.45) is 1.02. The molecule has 0 aromatic carbocycles. The van der Waals surface area contributed by atoms with E-state index in [2.05, 4.69) is 58.6 Å². The molecule has 0 spiro atoms. The third kappa shape index (κ3) is 3.31. The molecule has 102 valence electrons. The summed E-state index contributed by atoms with van der Waals surface area (Å²) in [5.74, 6) is 2.45. The van der Waals surface area contributed by atoms with Gasteiger partial charge in [0.05, 0.1) is 9.83 Å². The lowest BCUT2D eigenvalue weighted by molar-refractivity contribution is 0.140. The minimum absolute atomic E-state index is 0.223. The number of nitrogens with two attached hydrogens (primary N) is 1. The molecule has 2 N–H and O–H groups in total. The molecule has 5 heteroatoms. The molecule has 3 atom stereocenters. The van der Waals surface area contributed by atoms with Gasteiger partial charge in [0.2, 0.25) is 0 Å². The minimum atomic E-state index is 0.223. The van der Waals surface area contributed by atoms with E-state index in [9.17, 15) is 0 Å². The Hall–Kier alpha value is 0.450. The Morgan fingerprint density at radius 2 is 2.33 bits per heavy atom. The predicted molar refractivity (Wildman–Crippen MR) is 86.5 cm³/mol. The van der Waals surface area contributed by atoms with Crippen LogP contribution in [0.4, 0.5) is 0 Å². The molecule has 0 amide bonds. The van der Waals surface area contributed by atoms with E-state index in [1.807, 2.05) is 11.3 Å². The summed E-state index contributed by atoms with van der Waals surface area (Å²) in [7, 11) is 0. The Kier molecular flexibility index (Phi) is 5.57. The van der Waals surface area contributed by atoms with Gasteiger partial charge < -0.3 is 5.73 Å². The van der Waals surface area contributed by atoms with Crippen LogP contribution in [0, 0.1) is 0 Å². The van der Waals surface area contributed by atoms with Crippen LogP contribution in [-0.2, 0) is 0 Å². The van der Waals surface area contributed by atoms with Gasteiger partial charge in [-0.1, -0.05) is 6.92 Å². The second-order valence-corrected chi connectivity index (χ2v) is 8.47. The van der Waals surface area contributed by atoms with Gasteiger partial charge in [-0.3, -0.25) is 4.90 Å². The first-order valence-corrected chi connectivity index (χ1v) is 9.24. The van der Waals surface area contributed by atoms with Gasteiger partial charge >= 0.3 is 0 Å². The molecular formula is C13H21BrN2S2. The molecule has 1 fully saturated rings. The van der Waals surface area contributed by atoms with Crippen molar-refractivity contribution in [1.29, 1.82) is 0 Å². The monoisotopic (exact) mass is 348 g/mol. The molecule has 1 aliphatic heterocycles. The average molecular weight is 349 g/mol. The smallest absolute Gasteiger partial charge is 0.0702 e. The summed E-state index contributed by atoms with van der Waals surface area (Å²) in [6, 6.07) is 5.58. The Morgan fingerprint density at radius 1 is 1.56 bits per heavy atom. The van der Waals surface area contributed by atoms with Crippen molar-refractivity contribution in [3.8, 4) is 0 Å². The topological polar surface area (TPSA) is 29.3 Å². The molecule has 2 heterocycles. The molecule has 0 bridgehead atoms. The highest BCUT2D eigenvalue weighted by atomic mass is 79.9. The van der Waals surface area contributed by atoms with E-state index < -0.39 is 0 Å². The lowest BCUT2D eigenvalue weighted by Crippen LogP contribution is -2.48. The summed E-state index contributed by atoms with van der Waals surface area (Å²) in [4.78, 5) is 4.00. The third-order valence-electron chi connectivity index (χ3n) is 3.54. The zero-order valence-corrected chi connectivity index (χ0v) is 14.2. The zero-order valence-electron chi connectivity index (χ0n) is 10.9. The molecule has 18 heavy (non-hydrogen) atoms. The van der Waals surface area contributed by atoms with Gasteiger partial charge in [0.15, 0.2) is 0 Å². The van der Waals surface area contributed by atoms with E-state index in [0.29, 0.717) is 12.1 Å². The number of halogens is 1. The fourth-order valence-electron chi connectivity index (χ4n) is 2.48. The molecule has 1 aromatic rings. The number of hydrogen-bond acceptors (Lipinski definition) is 4. The highest BCUT2D eigenvalue weighted by Gasteiger charge is 2.31. The summed E-state index contributed by atoms with van der Waals surface area (Å²) < 4.78 is 1.20. The highest BCUT2D eigenvalue weighted by Crippen LogP contribution is 2.36. The van der Waals surface area contributed by atoms with E-state index in [1.54, 1.807) is 0 Å². The van der Waals surface area contributed by atoms with Crippen LogP contribution >= 0.6 is 39.0 Å². The summed E-state index contributed by atoms with van der Waals surface area (Å²) in [5, 5.41) is 0. The van der Waals surface area contributed by atoms with Gasteiger partial charge in [-0.2, -0.15) is 11.8 Å². The van der Waals surface area contributed by atoms with E-state index in [0.717, 1.165) is 13.0 Å². The van der Waals surface area contributed by atoms with E-state index >= 15 is 0 Å². The van der Waals surface area contributed by atoms with Crippen molar-refractivity contribution in [3.63, 3.8) is 0 Å². The van der Waals surface area contributed by atoms with Crippen LogP contribution in [0.1, 0.15) is 31.2 Å². The van der Waals surface area contributed by atoms with Gasteiger partial charge in [-0.05, 0) is 41.4 Å². The van der Waals surface area contributed by atoms with Crippen LogP contribution in [0.3, 0.4) is 0 Å². The standard InChI is InChI=1S/C13H21BrN2S2/c1-3-10(15)13(11-4-5-12(14)18-11)16-6-7-17-8-9(16)2/h4-5,9-10,13H,3,6-8,15H2,1-2H3. The van der Waals surface area contributed by atoms with Gasteiger partial charge in [-0.15, -0.1) is 11.3 Å². The van der Waals surface area contributed by atoms with Crippen LogP contribution in [0.5, 0.6) is 0 Å². The molecule has 1 aromatic heterocycles. The molecule has 0 radical (unpaired) electrons. The summed E-state index contributed by atoms with van der Waals surface area (Å²) in [6.45, 7) is 5.66. The molecule has 3 unspecified atom stereocenters. The van der Waals surface area contributed by atoms with Crippen molar-refractivity contribution < 1.29 is 0 Å². The molecule has 0 saturated carbocycles. The zero-order chi connectivity index (χ0) is 13.1. The predicted octanol–water partition coefficient (Wildman–Crippen LogP) is 3.73. The Bertz CT molecular complexity index is 383. The molecular weight excluding hydrogens is 328 g/mol. The van der Waals surface area contributed by atoms with Crippen molar-refractivity contribution in [2.75, 3.05) is 18.1 Å². The van der Waals surface area contributed by atoms with E-state index in [4.69, 9.17) is 5.73 Å². The van der Waals surface area contributed by atoms with E-state index in [1.165, 1.54) is 20.2 Å². The van der Waals surface area contributed by atoms with Crippen molar-refractivity contribution in [3.05, 3.63) is 20.8 Å². The Labute approximate surface area is 126 Å². The minimum Gasteiger partial charge on any atom is -0.326 e. The quantitative estimate of drug-likeness (QED) is 0.898. The SMILES string of the molecule is CCC(N)C(c1ccc(Br)s1)N1CCSCC1C. The molecule has 1 aliphatic rings. The highest BCUT2D eigenvalue weighted by molar-refractivity contribution is 9.11. The van der Waals surface area contributed by atoms with Crippen molar-refractivity contribution >= 4 is 39.0 Å². The first-order chi connectivity index (χ1) is 8.63. The Morgan fingerprint density at radius 3 is 2.89 bits per heavy atom. The first kappa shape index (κ1) is 14.9. The van der Waals surface area contributed by atoms with Gasteiger partial charge in [0, 0.05) is 35.0 Å². The van der Waals surface area contributed by atoms with Crippen LogP contribution in [0.2, 0.25) is 0 Å². The second kappa shape index (κ2) is 6.75. The van der Waals surface area contributed by atoms with Crippen LogP contribution in [0.15, 0.2) is 15.9 Å². The lowest BCUT2D eigenvalue weighted by atomic mass is 10.0. The van der Waals surface area contributed by atoms with Crippen molar-refractivity contribution in [2.45, 2.75) is 38.4 Å². The summed E-state index contributed by atoms with van der Waals surface area (Å²) in [5.41, 5.74) is 6.39. The second-order valence-electron chi connectivity index (χ2n) is 4.82. The fourth-order valence-corrected chi connectivity index (χ4v) is 5.14. The van der Waals surface area contributed by atoms with Crippen LogP contribution in [-0.4, -0.2) is 35.0 Å². The van der Waals surface area contributed by atoms with E-state index in [-0.39, 0.29) is 6.04 Å². The molecule has 2 rings (SSSR count). The maximum absolute atomic E-state index is 6.39. The molecule has 0 aliphatic carbocycles. The summed E-state index contributed by atoms with van der Waals surface area (Å²) >= 11 is 7.44. The van der Waals surface area contributed by atoms with Crippen molar-refractivity contribution in [1.82, 2.24) is 4.90 Å². The van der Waals surface area contributed by atoms with Gasteiger partial charge in [0.1, 0.15) is 0 Å². The lowest BCUT2D eigenvalue weighted by Gasteiger charge is -2.41. The maximum atomic E-state index is 6.39. The number of thioether (sulfide) groups is 1. The van der Waals surface area contributed by atoms with Crippen LogP contribution < -0.4 is 5.73 Å². The largest absolute Gasteiger partial charge is 0.326 e. The first-order valence-electron chi connectivity index (χ1n) is 6.47. The number of hydrogen-bond donors (Lipinski definition) is 1.